The van der Waals surface area contributed by atoms with Crippen LogP contribution in [0.25, 0.3) is 0 Å². The Hall–Kier alpha value is -2.20. The molecule has 2 aliphatic rings. The Balaban J connectivity index is 1.91. The number of halogens is 1. The highest BCUT2D eigenvalue weighted by Crippen LogP contribution is 2.45. The molecule has 25 heavy (non-hydrogen) atoms. The number of piperidine rings is 1. The molecule has 3 nitrogen and oxygen atoms in total. The standard InChI is InChI=1S/C21H26FN3/c1-4-21-12-16(13-23)20(24-19-7-5-18(22)6-8-19)11-17(21)9-10-25(14-21)15(2)3/h4-8,11,13,15,23-24H,1,9-10,12,14H2,2-3H3. The Morgan fingerprint density at radius 1 is 1.32 bits per heavy atom. The number of benzene rings is 1. The van der Waals surface area contributed by atoms with Crippen LogP contribution in [0, 0.1) is 16.6 Å². The van der Waals surface area contributed by atoms with Gasteiger partial charge in [-0.2, -0.15) is 0 Å². The Bertz CT molecular complexity index is 730. The van der Waals surface area contributed by atoms with Gasteiger partial charge in [0.1, 0.15) is 5.82 Å². The summed E-state index contributed by atoms with van der Waals surface area (Å²) in [7, 11) is 0. The fourth-order valence-electron chi connectivity index (χ4n) is 3.79. The van der Waals surface area contributed by atoms with Crippen molar-refractivity contribution in [1.29, 1.82) is 5.41 Å². The molecule has 1 unspecified atom stereocenters. The van der Waals surface area contributed by atoms with Gasteiger partial charge in [0.05, 0.1) is 0 Å². The van der Waals surface area contributed by atoms with E-state index < -0.39 is 0 Å². The average Bonchev–Trinajstić information content (AvgIpc) is 2.62. The molecule has 0 aromatic heterocycles. The molecule has 0 amide bonds. The van der Waals surface area contributed by atoms with Gasteiger partial charge < -0.3 is 10.7 Å². The van der Waals surface area contributed by atoms with E-state index in [1.165, 1.54) is 23.9 Å². The summed E-state index contributed by atoms with van der Waals surface area (Å²) in [4.78, 5) is 2.49. The van der Waals surface area contributed by atoms with Gasteiger partial charge in [-0.25, -0.2) is 4.39 Å². The maximum absolute atomic E-state index is 13.1. The first kappa shape index (κ1) is 17.6. The maximum Gasteiger partial charge on any atom is 0.123 e. The molecule has 1 aliphatic carbocycles. The minimum Gasteiger partial charge on any atom is -0.355 e. The highest BCUT2D eigenvalue weighted by Gasteiger charge is 2.40. The molecule has 1 saturated heterocycles. The van der Waals surface area contributed by atoms with Gasteiger partial charge in [-0.05, 0) is 62.6 Å². The van der Waals surface area contributed by atoms with Crippen LogP contribution in [0.3, 0.4) is 0 Å². The second-order valence-electron chi connectivity index (χ2n) is 7.24. The number of nitrogens with one attached hydrogen (secondary N) is 2. The molecule has 0 saturated carbocycles. The first-order chi connectivity index (χ1) is 12.0. The lowest BCUT2D eigenvalue weighted by Gasteiger charge is -2.47. The highest BCUT2D eigenvalue weighted by molar-refractivity contribution is 5.81. The molecule has 2 N–H and O–H groups in total. The molecule has 1 aliphatic heterocycles. The minimum atomic E-state index is -0.250. The van der Waals surface area contributed by atoms with E-state index in [-0.39, 0.29) is 11.2 Å². The van der Waals surface area contributed by atoms with Crippen molar-refractivity contribution in [2.45, 2.75) is 32.7 Å². The quantitative estimate of drug-likeness (QED) is 0.600. The second kappa shape index (κ2) is 6.96. The third kappa shape index (κ3) is 3.45. The molecule has 0 bridgehead atoms. The zero-order valence-electron chi connectivity index (χ0n) is 15.0. The van der Waals surface area contributed by atoms with Crippen molar-refractivity contribution in [3.8, 4) is 0 Å². The van der Waals surface area contributed by atoms with Gasteiger partial charge in [-0.15, -0.1) is 6.58 Å². The number of hydrogen-bond donors (Lipinski definition) is 2. The molecule has 1 fully saturated rings. The predicted octanol–water partition coefficient (Wildman–Crippen LogP) is 4.76. The number of fused-ring (bicyclic) bond motifs is 1. The number of nitrogens with zero attached hydrogens (tertiary/aromatic N) is 1. The van der Waals surface area contributed by atoms with Crippen LogP contribution in [0.5, 0.6) is 0 Å². The highest BCUT2D eigenvalue weighted by atomic mass is 19.1. The summed E-state index contributed by atoms with van der Waals surface area (Å²) in [5.74, 6) is -0.250. The Labute approximate surface area is 149 Å². The molecule has 1 aromatic rings. The summed E-state index contributed by atoms with van der Waals surface area (Å²) in [6.07, 6.45) is 7.44. The zero-order valence-corrected chi connectivity index (χ0v) is 15.0. The van der Waals surface area contributed by atoms with Gasteiger partial charge >= 0.3 is 0 Å². The van der Waals surface area contributed by atoms with Gasteiger partial charge in [-0.1, -0.05) is 11.6 Å². The summed E-state index contributed by atoms with van der Waals surface area (Å²) in [5, 5.41) is 11.2. The van der Waals surface area contributed by atoms with Gasteiger partial charge in [-0.3, -0.25) is 4.90 Å². The summed E-state index contributed by atoms with van der Waals surface area (Å²) in [6, 6.07) is 6.83. The van der Waals surface area contributed by atoms with E-state index >= 15 is 0 Å². The van der Waals surface area contributed by atoms with Crippen LogP contribution in [0.1, 0.15) is 26.7 Å². The lowest BCUT2D eigenvalue weighted by atomic mass is 9.68. The van der Waals surface area contributed by atoms with Crippen molar-refractivity contribution < 1.29 is 4.39 Å². The number of hydrogen-bond acceptors (Lipinski definition) is 3. The largest absolute Gasteiger partial charge is 0.355 e. The van der Waals surface area contributed by atoms with Crippen molar-refractivity contribution in [3.63, 3.8) is 0 Å². The van der Waals surface area contributed by atoms with Crippen LogP contribution < -0.4 is 5.32 Å². The molecule has 1 heterocycles. The fourth-order valence-corrected chi connectivity index (χ4v) is 3.79. The summed E-state index contributed by atoms with van der Waals surface area (Å²) < 4.78 is 13.1. The lowest BCUT2D eigenvalue weighted by Crippen LogP contribution is -2.48. The van der Waals surface area contributed by atoms with Gasteiger partial charge in [0, 0.05) is 42.1 Å². The topological polar surface area (TPSA) is 39.1 Å². The molecule has 3 rings (SSSR count). The fraction of sp³-hybridized carbons (Fsp3) is 0.381. The van der Waals surface area contributed by atoms with Gasteiger partial charge in [0.25, 0.3) is 0 Å². The number of anilines is 1. The summed E-state index contributed by atoms with van der Waals surface area (Å²) >= 11 is 0. The Morgan fingerprint density at radius 3 is 2.64 bits per heavy atom. The molecule has 0 spiro atoms. The van der Waals surface area contributed by atoms with E-state index in [2.05, 4.69) is 42.8 Å². The van der Waals surface area contributed by atoms with Crippen molar-refractivity contribution in [1.82, 2.24) is 4.90 Å². The number of rotatable bonds is 5. The number of allylic oxidation sites excluding steroid dienone is 2. The van der Waals surface area contributed by atoms with E-state index in [1.54, 1.807) is 12.1 Å². The van der Waals surface area contributed by atoms with Crippen molar-refractivity contribution in [2.75, 3.05) is 18.4 Å². The second-order valence-corrected chi connectivity index (χ2v) is 7.24. The summed E-state index contributed by atoms with van der Waals surface area (Å²) in [5.41, 5.74) is 4.00. The van der Waals surface area contributed by atoms with Crippen LogP contribution in [0.15, 0.2) is 59.8 Å². The van der Waals surface area contributed by atoms with E-state index in [0.717, 1.165) is 42.9 Å². The van der Waals surface area contributed by atoms with Gasteiger partial charge in [0.2, 0.25) is 0 Å². The Morgan fingerprint density at radius 2 is 2.04 bits per heavy atom. The first-order valence-corrected chi connectivity index (χ1v) is 8.82. The van der Waals surface area contributed by atoms with E-state index in [1.807, 2.05) is 0 Å². The molecule has 0 radical (unpaired) electrons. The SMILES string of the molecule is C=CC12CC(C=N)=C(Nc3ccc(F)cc3)C=C1CCN(C(C)C)C2. The maximum atomic E-state index is 13.1. The van der Waals surface area contributed by atoms with Crippen LogP contribution in [0.4, 0.5) is 10.1 Å². The van der Waals surface area contributed by atoms with Crippen LogP contribution >= 0.6 is 0 Å². The molecular formula is C21H26FN3. The third-order valence-electron chi connectivity index (χ3n) is 5.38. The zero-order chi connectivity index (χ0) is 18.0. The van der Waals surface area contributed by atoms with Crippen molar-refractivity contribution in [2.24, 2.45) is 5.41 Å². The smallest absolute Gasteiger partial charge is 0.123 e. The normalized spacial score (nSPS) is 23.9. The minimum absolute atomic E-state index is 0.0939. The molecule has 132 valence electrons. The molecule has 1 aromatic carbocycles. The van der Waals surface area contributed by atoms with Crippen LogP contribution in [0.2, 0.25) is 0 Å². The third-order valence-corrected chi connectivity index (χ3v) is 5.38. The Kier molecular flexibility index (Phi) is 4.91. The van der Waals surface area contributed by atoms with Gasteiger partial charge in [0.15, 0.2) is 0 Å². The molecule has 1 atom stereocenters. The lowest BCUT2D eigenvalue weighted by molar-refractivity contribution is 0.137. The molecule has 4 heteroatoms. The van der Waals surface area contributed by atoms with Crippen LogP contribution in [-0.4, -0.2) is 30.2 Å². The van der Waals surface area contributed by atoms with E-state index in [4.69, 9.17) is 5.41 Å². The average molecular weight is 339 g/mol. The van der Waals surface area contributed by atoms with Crippen molar-refractivity contribution >= 4 is 11.9 Å². The summed E-state index contributed by atoms with van der Waals surface area (Å²) in [6.45, 7) is 10.6. The van der Waals surface area contributed by atoms with Crippen molar-refractivity contribution in [3.05, 3.63) is 65.7 Å². The first-order valence-electron chi connectivity index (χ1n) is 8.82. The van der Waals surface area contributed by atoms with Crippen LogP contribution in [-0.2, 0) is 0 Å². The number of likely N-dealkylation sites (tertiary alicyclic amines) is 1. The van der Waals surface area contributed by atoms with E-state index in [0.29, 0.717) is 6.04 Å². The monoisotopic (exact) mass is 339 g/mol. The van der Waals surface area contributed by atoms with E-state index in [9.17, 15) is 4.39 Å². The molecular weight excluding hydrogens is 313 g/mol. The predicted molar refractivity (Wildman–Crippen MR) is 102 cm³/mol.